The molecule has 0 aliphatic rings. The topological polar surface area (TPSA) is 73.6 Å². The summed E-state index contributed by atoms with van der Waals surface area (Å²) in [6.07, 6.45) is 1.54. The highest BCUT2D eigenvalue weighted by atomic mass is 32.2. The summed E-state index contributed by atoms with van der Waals surface area (Å²) in [6, 6.07) is 7.71. The third kappa shape index (κ3) is 4.34. The van der Waals surface area contributed by atoms with Gasteiger partial charge in [-0.3, -0.25) is 9.36 Å². The molecule has 6 nitrogen and oxygen atoms in total. The van der Waals surface area contributed by atoms with Gasteiger partial charge in [0.25, 0.3) is 5.56 Å². The molecule has 0 fully saturated rings. The van der Waals surface area contributed by atoms with Crippen molar-refractivity contribution in [2.45, 2.75) is 31.5 Å². The molecule has 0 aliphatic heterocycles. The molecule has 0 saturated heterocycles. The van der Waals surface area contributed by atoms with E-state index in [1.54, 1.807) is 30.1 Å². The smallest absolute Gasteiger partial charge is 0.262 e. The maximum atomic E-state index is 13.1. The Hall–Kier alpha value is -2.03. The highest BCUT2D eigenvalue weighted by Crippen LogP contribution is 2.28. The number of hydrogen-bond acceptors (Lipinski definition) is 7. The van der Waals surface area contributed by atoms with E-state index in [-0.39, 0.29) is 12.2 Å². The Balaban J connectivity index is 1.94. The van der Waals surface area contributed by atoms with Crippen LogP contribution in [0.5, 0.6) is 11.5 Å². The summed E-state index contributed by atoms with van der Waals surface area (Å²) in [5.74, 6) is 1.85. The molecule has 8 heteroatoms. The van der Waals surface area contributed by atoms with Gasteiger partial charge in [-0.15, -0.1) is 11.3 Å². The summed E-state index contributed by atoms with van der Waals surface area (Å²) in [7, 11) is 3.21. The van der Waals surface area contributed by atoms with Crippen LogP contribution in [0.3, 0.4) is 0 Å². The second kappa shape index (κ2) is 9.45. The number of methoxy groups -OCH3 is 2. The van der Waals surface area contributed by atoms with E-state index in [9.17, 15) is 9.90 Å². The molecular formula is C20H24N2O4S2. The number of benzene rings is 1. The van der Waals surface area contributed by atoms with E-state index < -0.39 is 0 Å². The van der Waals surface area contributed by atoms with Crippen LogP contribution in [0, 0.1) is 0 Å². The van der Waals surface area contributed by atoms with E-state index in [1.807, 2.05) is 24.3 Å². The van der Waals surface area contributed by atoms with Gasteiger partial charge < -0.3 is 14.6 Å². The van der Waals surface area contributed by atoms with Crippen molar-refractivity contribution in [1.29, 1.82) is 0 Å². The SMILES string of the molecule is CCc1cc2c(=O)n(CCc3ccc(OC)c(OC)c3)c(SCCO)nc2s1. The van der Waals surface area contributed by atoms with Crippen molar-refractivity contribution in [2.75, 3.05) is 26.6 Å². The molecule has 0 bridgehead atoms. The van der Waals surface area contributed by atoms with Gasteiger partial charge in [0.2, 0.25) is 0 Å². The molecule has 150 valence electrons. The van der Waals surface area contributed by atoms with Gasteiger partial charge in [0.15, 0.2) is 16.7 Å². The van der Waals surface area contributed by atoms with Crippen LogP contribution in [0.25, 0.3) is 10.2 Å². The standard InChI is InChI=1S/C20H24N2O4S2/c1-4-14-12-15-18(28-14)21-20(27-10-9-23)22(19(15)24)8-7-13-5-6-16(25-2)17(11-13)26-3/h5-6,11-12,23H,4,7-10H2,1-3H3. The van der Waals surface area contributed by atoms with Crippen molar-refractivity contribution >= 4 is 33.3 Å². The highest BCUT2D eigenvalue weighted by molar-refractivity contribution is 7.99. The molecular weight excluding hydrogens is 396 g/mol. The molecule has 3 aromatic rings. The number of hydrogen-bond donors (Lipinski definition) is 1. The molecule has 0 atom stereocenters. The lowest BCUT2D eigenvalue weighted by Gasteiger charge is -2.13. The molecule has 1 aromatic carbocycles. The average molecular weight is 421 g/mol. The number of aliphatic hydroxyl groups is 1. The minimum absolute atomic E-state index is 0.0260. The first-order chi connectivity index (χ1) is 13.6. The third-order valence-electron chi connectivity index (χ3n) is 4.41. The van der Waals surface area contributed by atoms with Crippen molar-refractivity contribution in [3.8, 4) is 11.5 Å². The number of aromatic nitrogens is 2. The number of fused-ring (bicyclic) bond motifs is 1. The van der Waals surface area contributed by atoms with Crippen molar-refractivity contribution in [1.82, 2.24) is 9.55 Å². The van der Waals surface area contributed by atoms with Gasteiger partial charge in [0.05, 0.1) is 26.2 Å². The number of rotatable bonds is 9. The number of ether oxygens (including phenoxy) is 2. The normalized spacial score (nSPS) is 11.1. The van der Waals surface area contributed by atoms with E-state index in [1.165, 1.54) is 11.8 Å². The molecule has 2 aromatic heterocycles. The van der Waals surface area contributed by atoms with Gasteiger partial charge in [-0.2, -0.15) is 0 Å². The Kier molecular flexibility index (Phi) is 6.98. The Morgan fingerprint density at radius 3 is 2.68 bits per heavy atom. The van der Waals surface area contributed by atoms with E-state index in [0.717, 1.165) is 21.7 Å². The van der Waals surface area contributed by atoms with Crippen LogP contribution >= 0.6 is 23.1 Å². The minimum Gasteiger partial charge on any atom is -0.493 e. The lowest BCUT2D eigenvalue weighted by Crippen LogP contribution is -2.24. The first kappa shape index (κ1) is 20.7. The zero-order valence-corrected chi connectivity index (χ0v) is 17.9. The van der Waals surface area contributed by atoms with E-state index in [0.29, 0.717) is 40.8 Å². The first-order valence-corrected chi connectivity index (χ1v) is 10.9. The maximum absolute atomic E-state index is 13.1. The van der Waals surface area contributed by atoms with E-state index in [4.69, 9.17) is 14.5 Å². The average Bonchev–Trinajstić information content (AvgIpc) is 3.15. The van der Waals surface area contributed by atoms with Gasteiger partial charge in [0.1, 0.15) is 4.83 Å². The Bertz CT molecular complexity index is 1010. The first-order valence-electron chi connectivity index (χ1n) is 9.09. The molecule has 0 unspecified atom stereocenters. The largest absolute Gasteiger partial charge is 0.493 e. The number of thioether (sulfide) groups is 1. The molecule has 0 saturated carbocycles. The van der Waals surface area contributed by atoms with Gasteiger partial charge in [-0.25, -0.2) is 4.98 Å². The maximum Gasteiger partial charge on any atom is 0.262 e. The van der Waals surface area contributed by atoms with Crippen LogP contribution in [-0.2, 0) is 19.4 Å². The van der Waals surface area contributed by atoms with Crippen LogP contribution in [0.1, 0.15) is 17.4 Å². The fourth-order valence-corrected chi connectivity index (χ4v) is 4.72. The number of nitrogens with zero attached hydrogens (tertiary/aromatic N) is 2. The second-order valence-corrected chi connectivity index (χ2v) is 8.32. The number of aryl methyl sites for hydroxylation is 2. The lowest BCUT2D eigenvalue weighted by atomic mass is 10.1. The number of thiophene rings is 1. The van der Waals surface area contributed by atoms with Gasteiger partial charge in [0, 0.05) is 17.2 Å². The zero-order chi connectivity index (χ0) is 20.1. The van der Waals surface area contributed by atoms with Crippen molar-refractivity contribution in [3.05, 3.63) is 45.1 Å². The van der Waals surface area contributed by atoms with Crippen LogP contribution in [0.4, 0.5) is 0 Å². The summed E-state index contributed by atoms with van der Waals surface area (Å²) in [5.41, 5.74) is 1.02. The fourth-order valence-electron chi connectivity index (χ4n) is 2.94. The van der Waals surface area contributed by atoms with Gasteiger partial charge in [-0.05, 0) is 36.6 Å². The predicted molar refractivity (Wildman–Crippen MR) is 114 cm³/mol. The molecule has 0 spiro atoms. The summed E-state index contributed by atoms with van der Waals surface area (Å²) >= 11 is 2.97. The molecule has 0 radical (unpaired) electrons. The predicted octanol–water partition coefficient (Wildman–Crippen LogP) is 3.36. The highest BCUT2D eigenvalue weighted by Gasteiger charge is 2.15. The molecule has 1 N–H and O–H groups in total. The summed E-state index contributed by atoms with van der Waals surface area (Å²) in [4.78, 5) is 19.7. The van der Waals surface area contributed by atoms with Crippen molar-refractivity contribution < 1.29 is 14.6 Å². The van der Waals surface area contributed by atoms with Gasteiger partial charge in [-0.1, -0.05) is 24.8 Å². The Morgan fingerprint density at radius 2 is 2.00 bits per heavy atom. The summed E-state index contributed by atoms with van der Waals surface area (Å²) in [6.45, 7) is 2.61. The third-order valence-corrected chi connectivity index (χ3v) is 6.54. The Morgan fingerprint density at radius 1 is 1.21 bits per heavy atom. The van der Waals surface area contributed by atoms with Crippen LogP contribution in [0.15, 0.2) is 34.2 Å². The van der Waals surface area contributed by atoms with Crippen molar-refractivity contribution in [3.63, 3.8) is 0 Å². The summed E-state index contributed by atoms with van der Waals surface area (Å²) < 4.78 is 12.4. The monoisotopic (exact) mass is 420 g/mol. The van der Waals surface area contributed by atoms with Gasteiger partial charge >= 0.3 is 0 Å². The molecule has 0 aliphatic carbocycles. The molecule has 0 amide bonds. The second-order valence-electron chi connectivity index (χ2n) is 6.15. The summed E-state index contributed by atoms with van der Waals surface area (Å²) in [5, 5.41) is 10.5. The molecule has 3 rings (SSSR count). The number of aliphatic hydroxyl groups excluding tert-OH is 1. The van der Waals surface area contributed by atoms with Crippen molar-refractivity contribution in [2.24, 2.45) is 0 Å². The lowest BCUT2D eigenvalue weighted by molar-refractivity contribution is 0.322. The molecule has 28 heavy (non-hydrogen) atoms. The van der Waals surface area contributed by atoms with Crippen LogP contribution in [0.2, 0.25) is 0 Å². The fraction of sp³-hybridized carbons (Fsp3) is 0.400. The van der Waals surface area contributed by atoms with E-state index >= 15 is 0 Å². The Labute approximate surface area is 172 Å². The van der Waals surface area contributed by atoms with E-state index in [2.05, 4.69) is 6.92 Å². The zero-order valence-electron chi connectivity index (χ0n) is 16.2. The minimum atomic E-state index is -0.0260. The quantitative estimate of drug-likeness (QED) is 0.423. The van der Waals surface area contributed by atoms with Crippen LogP contribution < -0.4 is 15.0 Å². The van der Waals surface area contributed by atoms with Crippen LogP contribution in [-0.4, -0.2) is 41.2 Å². The molecule has 2 heterocycles.